The predicted octanol–water partition coefficient (Wildman–Crippen LogP) is 2.20. The van der Waals surface area contributed by atoms with Gasteiger partial charge in [-0.1, -0.05) is 42.0 Å². The quantitative estimate of drug-likeness (QED) is 0.829. The second-order valence-corrected chi connectivity index (χ2v) is 6.62. The number of nitrogens with one attached hydrogen (secondary N) is 1. The van der Waals surface area contributed by atoms with Gasteiger partial charge < -0.3 is 5.73 Å². The van der Waals surface area contributed by atoms with Crippen molar-refractivity contribution in [3.8, 4) is 0 Å². The number of aryl methyl sites for hydroxylation is 1. The third-order valence-corrected chi connectivity index (χ3v) is 4.21. The Balaban J connectivity index is 1.99. The number of hydrogen-bond acceptors (Lipinski definition) is 3. The van der Waals surface area contributed by atoms with Gasteiger partial charge in [0.2, 0.25) is 10.0 Å². The van der Waals surface area contributed by atoms with Crippen LogP contribution >= 0.6 is 0 Å². The molecular weight excluding hydrogens is 272 g/mol. The minimum Gasteiger partial charge on any atom is -0.399 e. The third-order valence-electron chi connectivity index (χ3n) is 2.92. The zero-order chi connectivity index (χ0) is 14.6. The molecule has 2 aromatic rings. The molecule has 0 unspecified atom stereocenters. The predicted molar refractivity (Wildman–Crippen MR) is 81.5 cm³/mol. The largest absolute Gasteiger partial charge is 0.399 e. The average molecular weight is 290 g/mol. The average Bonchev–Trinajstić information content (AvgIpc) is 2.39. The summed E-state index contributed by atoms with van der Waals surface area (Å²) in [5.41, 5.74) is 8.98. The molecule has 0 heterocycles. The molecule has 0 saturated heterocycles. The fourth-order valence-electron chi connectivity index (χ4n) is 1.90. The van der Waals surface area contributed by atoms with Gasteiger partial charge in [0.15, 0.2) is 0 Å². The van der Waals surface area contributed by atoms with Gasteiger partial charge in [-0.2, -0.15) is 0 Å². The molecule has 0 radical (unpaired) electrons. The second kappa shape index (κ2) is 6.07. The first-order valence-corrected chi connectivity index (χ1v) is 7.97. The van der Waals surface area contributed by atoms with Gasteiger partial charge in [-0.15, -0.1) is 0 Å². The molecule has 0 spiro atoms. The van der Waals surface area contributed by atoms with E-state index >= 15 is 0 Å². The number of anilines is 1. The molecule has 0 aliphatic carbocycles. The van der Waals surface area contributed by atoms with Crippen LogP contribution in [-0.2, 0) is 22.3 Å². The highest BCUT2D eigenvalue weighted by Crippen LogP contribution is 2.10. The van der Waals surface area contributed by atoms with E-state index in [4.69, 9.17) is 5.73 Å². The molecule has 0 atom stereocenters. The molecule has 0 bridgehead atoms. The Bertz CT molecular complexity index is 679. The molecule has 3 N–H and O–H groups in total. The number of benzene rings is 2. The Morgan fingerprint density at radius 3 is 2.40 bits per heavy atom. The van der Waals surface area contributed by atoms with E-state index in [1.807, 2.05) is 31.2 Å². The summed E-state index contributed by atoms with van der Waals surface area (Å²) >= 11 is 0. The minimum atomic E-state index is -3.35. The lowest BCUT2D eigenvalue weighted by Crippen LogP contribution is -2.24. The maximum Gasteiger partial charge on any atom is 0.216 e. The highest BCUT2D eigenvalue weighted by molar-refractivity contribution is 7.88. The topological polar surface area (TPSA) is 72.2 Å². The fraction of sp³-hybridized carbons (Fsp3) is 0.200. The fourth-order valence-corrected chi connectivity index (χ4v) is 3.02. The van der Waals surface area contributed by atoms with E-state index in [1.54, 1.807) is 24.3 Å². The summed E-state index contributed by atoms with van der Waals surface area (Å²) in [5.74, 6) is -0.0426. The van der Waals surface area contributed by atoms with Gasteiger partial charge in [0.25, 0.3) is 0 Å². The summed E-state index contributed by atoms with van der Waals surface area (Å²) < 4.78 is 26.6. The van der Waals surface area contributed by atoms with E-state index in [0.717, 1.165) is 16.7 Å². The number of nitrogen functional groups attached to an aromatic ring is 1. The summed E-state index contributed by atoms with van der Waals surface area (Å²) in [6.45, 7) is 2.28. The standard InChI is InChI=1S/C15H18N2O2S/c1-12-3-2-4-14(9-12)10-17-20(18,19)11-13-5-7-15(16)8-6-13/h2-9,17H,10-11,16H2,1H3. The summed E-state index contributed by atoms with van der Waals surface area (Å²) in [7, 11) is -3.35. The van der Waals surface area contributed by atoms with E-state index in [0.29, 0.717) is 12.2 Å². The molecule has 0 aromatic heterocycles. The SMILES string of the molecule is Cc1cccc(CNS(=O)(=O)Cc2ccc(N)cc2)c1. The van der Waals surface area contributed by atoms with E-state index < -0.39 is 10.0 Å². The third kappa shape index (κ3) is 4.36. The number of nitrogens with two attached hydrogens (primary N) is 1. The first kappa shape index (κ1) is 14.6. The maximum atomic E-state index is 12.0. The van der Waals surface area contributed by atoms with Gasteiger partial charge >= 0.3 is 0 Å². The van der Waals surface area contributed by atoms with E-state index in [9.17, 15) is 8.42 Å². The van der Waals surface area contributed by atoms with Crippen LogP contribution in [0.15, 0.2) is 48.5 Å². The Labute approximate surface area is 119 Å². The molecule has 4 nitrogen and oxygen atoms in total. The molecule has 0 saturated carbocycles. The van der Waals surface area contributed by atoms with Crippen molar-refractivity contribution in [1.29, 1.82) is 0 Å². The Morgan fingerprint density at radius 1 is 1.05 bits per heavy atom. The Morgan fingerprint density at radius 2 is 1.75 bits per heavy atom. The van der Waals surface area contributed by atoms with Gasteiger partial charge in [0, 0.05) is 12.2 Å². The van der Waals surface area contributed by atoms with Gasteiger partial charge in [-0.3, -0.25) is 0 Å². The zero-order valence-corrected chi connectivity index (χ0v) is 12.2. The van der Waals surface area contributed by atoms with Gasteiger partial charge in [0.05, 0.1) is 5.75 Å². The first-order valence-electron chi connectivity index (χ1n) is 6.32. The minimum absolute atomic E-state index is 0.0426. The first-order chi connectivity index (χ1) is 9.44. The molecule has 0 amide bonds. The van der Waals surface area contributed by atoms with Crippen LogP contribution < -0.4 is 10.5 Å². The van der Waals surface area contributed by atoms with Crippen molar-refractivity contribution < 1.29 is 8.42 Å². The number of rotatable bonds is 5. The summed E-state index contributed by atoms with van der Waals surface area (Å²) in [6, 6.07) is 14.6. The Hall–Kier alpha value is -1.85. The van der Waals surface area contributed by atoms with Crippen LogP contribution in [0.2, 0.25) is 0 Å². The van der Waals surface area contributed by atoms with Crippen LogP contribution in [0.3, 0.4) is 0 Å². The monoisotopic (exact) mass is 290 g/mol. The summed E-state index contributed by atoms with van der Waals surface area (Å²) in [5, 5.41) is 0. The number of hydrogen-bond donors (Lipinski definition) is 2. The lowest BCUT2D eigenvalue weighted by Gasteiger charge is -2.08. The van der Waals surface area contributed by atoms with Crippen LogP contribution in [0.4, 0.5) is 5.69 Å². The van der Waals surface area contributed by atoms with Crippen LogP contribution in [0, 0.1) is 6.92 Å². The smallest absolute Gasteiger partial charge is 0.216 e. The molecule has 0 aliphatic rings. The molecular formula is C15H18N2O2S. The van der Waals surface area contributed by atoms with Gasteiger partial charge in [-0.05, 0) is 30.2 Å². The van der Waals surface area contributed by atoms with Crippen molar-refractivity contribution in [3.63, 3.8) is 0 Å². The van der Waals surface area contributed by atoms with E-state index in [-0.39, 0.29) is 5.75 Å². The van der Waals surface area contributed by atoms with Crippen molar-refractivity contribution in [3.05, 3.63) is 65.2 Å². The van der Waals surface area contributed by atoms with Crippen LogP contribution in [0.25, 0.3) is 0 Å². The molecule has 106 valence electrons. The molecule has 0 fully saturated rings. The highest BCUT2D eigenvalue weighted by atomic mass is 32.2. The van der Waals surface area contributed by atoms with Crippen molar-refractivity contribution in [2.24, 2.45) is 0 Å². The van der Waals surface area contributed by atoms with Crippen LogP contribution in [0.5, 0.6) is 0 Å². The summed E-state index contributed by atoms with van der Waals surface area (Å²) in [4.78, 5) is 0. The molecule has 5 heteroatoms. The lowest BCUT2D eigenvalue weighted by atomic mass is 10.1. The van der Waals surface area contributed by atoms with Crippen molar-refractivity contribution in [1.82, 2.24) is 4.72 Å². The van der Waals surface area contributed by atoms with E-state index in [1.165, 1.54) is 0 Å². The normalized spacial score (nSPS) is 11.4. The molecule has 0 aliphatic heterocycles. The van der Waals surface area contributed by atoms with Crippen LogP contribution in [-0.4, -0.2) is 8.42 Å². The lowest BCUT2D eigenvalue weighted by molar-refractivity contribution is 0.580. The highest BCUT2D eigenvalue weighted by Gasteiger charge is 2.11. The number of sulfonamides is 1. The maximum absolute atomic E-state index is 12.0. The van der Waals surface area contributed by atoms with Gasteiger partial charge in [0.1, 0.15) is 0 Å². The van der Waals surface area contributed by atoms with E-state index in [2.05, 4.69) is 4.72 Å². The van der Waals surface area contributed by atoms with Gasteiger partial charge in [-0.25, -0.2) is 13.1 Å². The van der Waals surface area contributed by atoms with Crippen molar-refractivity contribution in [2.45, 2.75) is 19.2 Å². The molecule has 2 aromatic carbocycles. The molecule has 20 heavy (non-hydrogen) atoms. The Kier molecular flexibility index (Phi) is 4.42. The second-order valence-electron chi connectivity index (χ2n) is 4.81. The summed E-state index contributed by atoms with van der Waals surface area (Å²) in [6.07, 6.45) is 0. The van der Waals surface area contributed by atoms with Crippen LogP contribution in [0.1, 0.15) is 16.7 Å². The molecule has 2 rings (SSSR count). The van der Waals surface area contributed by atoms with Crippen molar-refractivity contribution >= 4 is 15.7 Å². The zero-order valence-electron chi connectivity index (χ0n) is 11.3. The van der Waals surface area contributed by atoms with Crippen molar-refractivity contribution in [2.75, 3.05) is 5.73 Å².